The highest BCUT2D eigenvalue weighted by Gasteiger charge is 2.30. The third kappa shape index (κ3) is 1.70. The Labute approximate surface area is 63.1 Å². The van der Waals surface area contributed by atoms with Crippen molar-refractivity contribution in [3.8, 4) is 0 Å². The van der Waals surface area contributed by atoms with E-state index in [1.807, 2.05) is 0 Å². The first kappa shape index (κ1) is 8.02. The van der Waals surface area contributed by atoms with Crippen molar-refractivity contribution in [1.29, 1.82) is 0 Å². The molecule has 0 aliphatic carbocycles. The number of rotatable bonds is 0. The summed E-state index contributed by atoms with van der Waals surface area (Å²) in [4.78, 5) is 0. The van der Waals surface area contributed by atoms with Crippen molar-refractivity contribution in [1.82, 2.24) is 0 Å². The molecule has 1 heterocycles. The molecular weight excluding hydrogens is 126 g/mol. The van der Waals surface area contributed by atoms with Crippen LogP contribution in [0.2, 0.25) is 0 Å². The first-order chi connectivity index (χ1) is 4.51. The number of hydrogen-bond acceptors (Lipinski definition) is 1. The predicted octanol–water partition coefficient (Wildman–Crippen LogP) is 0.464. The molecule has 2 heteroatoms. The van der Waals surface area contributed by atoms with Gasteiger partial charge in [-0.25, -0.2) is 0 Å². The third-order valence-electron chi connectivity index (χ3n) is 2.47. The van der Waals surface area contributed by atoms with E-state index in [1.54, 1.807) is 0 Å². The van der Waals surface area contributed by atoms with Crippen LogP contribution in [0.1, 0.15) is 13.3 Å². The van der Waals surface area contributed by atoms with Crippen LogP contribution in [0.4, 0.5) is 0 Å². The van der Waals surface area contributed by atoms with E-state index >= 15 is 0 Å². The molecule has 0 amide bonds. The van der Waals surface area contributed by atoms with Gasteiger partial charge in [0.15, 0.2) is 0 Å². The van der Waals surface area contributed by atoms with Crippen LogP contribution in [0.5, 0.6) is 0 Å². The van der Waals surface area contributed by atoms with Crippen molar-refractivity contribution in [2.24, 2.45) is 5.92 Å². The van der Waals surface area contributed by atoms with E-state index in [9.17, 15) is 5.11 Å². The maximum absolute atomic E-state index is 9.40. The third-order valence-corrected chi connectivity index (χ3v) is 2.47. The monoisotopic (exact) mass is 144 g/mol. The molecule has 0 aromatic carbocycles. The van der Waals surface area contributed by atoms with Crippen molar-refractivity contribution in [3.63, 3.8) is 0 Å². The van der Waals surface area contributed by atoms with Gasteiger partial charge in [0, 0.05) is 12.3 Å². The quantitative estimate of drug-likeness (QED) is 0.490. The highest BCUT2D eigenvalue weighted by atomic mass is 16.3. The van der Waals surface area contributed by atoms with Crippen molar-refractivity contribution >= 4 is 0 Å². The summed E-state index contributed by atoms with van der Waals surface area (Å²) in [5.41, 5.74) is 0. The number of hydrogen-bond donors (Lipinski definition) is 1. The minimum absolute atomic E-state index is 0.0499. The number of piperidine rings is 1. The van der Waals surface area contributed by atoms with Crippen LogP contribution in [0.3, 0.4) is 0 Å². The van der Waals surface area contributed by atoms with E-state index in [0.29, 0.717) is 5.92 Å². The zero-order valence-corrected chi connectivity index (χ0v) is 7.17. The van der Waals surface area contributed by atoms with Crippen molar-refractivity contribution in [2.75, 3.05) is 27.2 Å². The van der Waals surface area contributed by atoms with Gasteiger partial charge in [-0.15, -0.1) is 0 Å². The molecule has 0 aromatic heterocycles. The van der Waals surface area contributed by atoms with Crippen molar-refractivity contribution in [2.45, 2.75) is 19.4 Å². The highest BCUT2D eigenvalue weighted by Crippen LogP contribution is 2.19. The molecule has 1 rings (SSSR count). The van der Waals surface area contributed by atoms with Crippen LogP contribution in [0.25, 0.3) is 0 Å². The number of aliphatic hydroxyl groups is 1. The minimum Gasteiger partial charge on any atom is -0.392 e. The molecule has 10 heavy (non-hydrogen) atoms. The lowest BCUT2D eigenvalue weighted by molar-refractivity contribution is -0.899. The molecule has 1 aliphatic rings. The largest absolute Gasteiger partial charge is 0.392 e. The van der Waals surface area contributed by atoms with Crippen LogP contribution in [-0.2, 0) is 0 Å². The van der Waals surface area contributed by atoms with E-state index in [-0.39, 0.29) is 6.10 Å². The summed E-state index contributed by atoms with van der Waals surface area (Å²) < 4.78 is 1.07. The molecule has 1 fully saturated rings. The summed E-state index contributed by atoms with van der Waals surface area (Å²) in [5, 5.41) is 9.40. The lowest BCUT2D eigenvalue weighted by Crippen LogP contribution is -2.51. The fraction of sp³-hybridized carbons (Fsp3) is 1.00. The Morgan fingerprint density at radius 1 is 1.40 bits per heavy atom. The van der Waals surface area contributed by atoms with Crippen molar-refractivity contribution in [3.05, 3.63) is 0 Å². The molecule has 0 saturated carbocycles. The summed E-state index contributed by atoms with van der Waals surface area (Å²) in [6.45, 7) is 4.36. The van der Waals surface area contributed by atoms with Crippen LogP contribution in [0, 0.1) is 5.92 Å². The van der Waals surface area contributed by atoms with Gasteiger partial charge >= 0.3 is 0 Å². The van der Waals surface area contributed by atoms with Gasteiger partial charge in [0.1, 0.15) is 0 Å². The molecule has 1 aliphatic heterocycles. The lowest BCUT2D eigenvalue weighted by atomic mass is 9.96. The second-order valence-corrected chi connectivity index (χ2v) is 4.18. The SMILES string of the molecule is C[C@H]1C[N+](C)(C)CC[C@@H]1O. The van der Waals surface area contributed by atoms with Gasteiger partial charge in [0.2, 0.25) is 0 Å². The Kier molecular flexibility index (Phi) is 2.02. The maximum Gasteiger partial charge on any atom is 0.0833 e. The average Bonchev–Trinajstić information content (AvgIpc) is 1.79. The highest BCUT2D eigenvalue weighted by molar-refractivity contribution is 4.68. The van der Waals surface area contributed by atoms with Gasteiger partial charge in [-0.3, -0.25) is 0 Å². The van der Waals surface area contributed by atoms with E-state index in [0.717, 1.165) is 24.0 Å². The summed E-state index contributed by atoms with van der Waals surface area (Å²) in [7, 11) is 4.45. The van der Waals surface area contributed by atoms with Crippen LogP contribution in [-0.4, -0.2) is 42.9 Å². The molecule has 0 bridgehead atoms. The first-order valence-corrected chi connectivity index (χ1v) is 4.01. The number of nitrogens with zero attached hydrogens (tertiary/aromatic N) is 1. The summed E-state index contributed by atoms with van der Waals surface area (Å²) in [6, 6.07) is 0. The summed E-state index contributed by atoms with van der Waals surface area (Å²) in [6.07, 6.45) is 0.917. The molecule has 2 atom stereocenters. The molecule has 0 spiro atoms. The van der Waals surface area contributed by atoms with Gasteiger partial charge in [0.05, 0.1) is 33.3 Å². The molecule has 60 valence electrons. The number of quaternary nitrogens is 1. The summed E-state index contributed by atoms with van der Waals surface area (Å²) in [5.74, 6) is 0.476. The summed E-state index contributed by atoms with van der Waals surface area (Å²) >= 11 is 0. The van der Waals surface area contributed by atoms with E-state index in [1.165, 1.54) is 0 Å². The Balaban J connectivity index is 2.49. The molecule has 0 unspecified atom stereocenters. The fourth-order valence-corrected chi connectivity index (χ4v) is 1.76. The standard InChI is InChI=1S/C8H18NO/c1-7-6-9(2,3)5-4-8(7)10/h7-8,10H,4-6H2,1-3H3/q+1/t7-,8-/m0/s1. The Morgan fingerprint density at radius 3 is 2.40 bits per heavy atom. The molecule has 2 nitrogen and oxygen atoms in total. The molecule has 1 saturated heterocycles. The van der Waals surface area contributed by atoms with E-state index in [2.05, 4.69) is 21.0 Å². The lowest BCUT2D eigenvalue weighted by Gasteiger charge is -2.39. The topological polar surface area (TPSA) is 20.2 Å². The van der Waals surface area contributed by atoms with Gasteiger partial charge in [-0.1, -0.05) is 6.92 Å². The van der Waals surface area contributed by atoms with Gasteiger partial charge in [-0.05, 0) is 0 Å². The average molecular weight is 144 g/mol. The zero-order chi connectivity index (χ0) is 7.78. The number of likely N-dealkylation sites (tertiary alicyclic amines) is 1. The van der Waals surface area contributed by atoms with E-state index < -0.39 is 0 Å². The molecule has 1 N–H and O–H groups in total. The van der Waals surface area contributed by atoms with Crippen LogP contribution >= 0.6 is 0 Å². The predicted molar refractivity (Wildman–Crippen MR) is 41.6 cm³/mol. The Bertz CT molecular complexity index is 122. The van der Waals surface area contributed by atoms with Gasteiger partial charge in [-0.2, -0.15) is 0 Å². The molecule has 0 aromatic rings. The molecule has 0 radical (unpaired) electrons. The van der Waals surface area contributed by atoms with Crippen molar-refractivity contribution < 1.29 is 9.59 Å². The number of aliphatic hydroxyl groups excluding tert-OH is 1. The maximum atomic E-state index is 9.40. The second kappa shape index (κ2) is 2.51. The smallest absolute Gasteiger partial charge is 0.0833 e. The molecular formula is C8H18NO+. The van der Waals surface area contributed by atoms with Crippen LogP contribution < -0.4 is 0 Å². The first-order valence-electron chi connectivity index (χ1n) is 4.01. The Hall–Kier alpha value is -0.0800. The second-order valence-electron chi connectivity index (χ2n) is 4.18. The normalized spacial score (nSPS) is 39.6. The van der Waals surface area contributed by atoms with E-state index in [4.69, 9.17) is 0 Å². The van der Waals surface area contributed by atoms with Crippen LogP contribution in [0.15, 0.2) is 0 Å². The Morgan fingerprint density at radius 2 is 2.00 bits per heavy atom. The van der Waals surface area contributed by atoms with Gasteiger partial charge in [0.25, 0.3) is 0 Å². The fourth-order valence-electron chi connectivity index (χ4n) is 1.76. The minimum atomic E-state index is -0.0499. The zero-order valence-electron chi connectivity index (χ0n) is 7.17. The van der Waals surface area contributed by atoms with Gasteiger partial charge < -0.3 is 9.59 Å².